The first-order valence-electron chi connectivity index (χ1n) is 5.50. The first-order chi connectivity index (χ1) is 7.70. The fourth-order valence-electron chi connectivity index (χ4n) is 1.69. The summed E-state index contributed by atoms with van der Waals surface area (Å²) in [6.45, 7) is 1.04. The second-order valence-electron chi connectivity index (χ2n) is 4.25. The number of rotatable bonds is 5. The summed E-state index contributed by atoms with van der Waals surface area (Å²) in [6.07, 6.45) is 2.61. The summed E-state index contributed by atoms with van der Waals surface area (Å²) in [6, 6.07) is 5.65. The number of aliphatic hydroxyl groups excluding tert-OH is 1. The lowest BCUT2D eigenvalue weighted by Crippen LogP contribution is -2.26. The Kier molecular flexibility index (Phi) is 4.25. The second-order valence-corrected chi connectivity index (χ2v) is 5.58. The number of halogens is 2. The summed E-state index contributed by atoms with van der Waals surface area (Å²) < 4.78 is 0.985. The van der Waals surface area contributed by atoms with Gasteiger partial charge in [-0.3, -0.25) is 0 Å². The first kappa shape index (κ1) is 12.4. The Morgan fingerprint density at radius 1 is 1.50 bits per heavy atom. The van der Waals surface area contributed by atoms with E-state index < -0.39 is 0 Å². The predicted octanol–water partition coefficient (Wildman–Crippen LogP) is 3.14. The summed E-state index contributed by atoms with van der Waals surface area (Å²) in [4.78, 5) is 0. The van der Waals surface area contributed by atoms with Crippen LogP contribution in [0.2, 0.25) is 5.02 Å². The van der Waals surface area contributed by atoms with Crippen molar-refractivity contribution >= 4 is 27.5 Å². The zero-order valence-electron chi connectivity index (χ0n) is 8.92. The van der Waals surface area contributed by atoms with Crippen LogP contribution in [0.5, 0.6) is 0 Å². The first-order valence-corrected chi connectivity index (χ1v) is 6.67. The molecule has 0 radical (unpaired) electrons. The highest BCUT2D eigenvalue weighted by molar-refractivity contribution is 9.10. The van der Waals surface area contributed by atoms with E-state index in [0.717, 1.165) is 22.5 Å². The zero-order valence-corrected chi connectivity index (χ0v) is 11.3. The van der Waals surface area contributed by atoms with Gasteiger partial charge in [-0.25, -0.2) is 0 Å². The van der Waals surface area contributed by atoms with Gasteiger partial charge < -0.3 is 10.4 Å². The SMILES string of the molecule is OCC(NCC1CC1)c1cc(Br)ccc1Cl. The van der Waals surface area contributed by atoms with Crippen LogP contribution in [0.15, 0.2) is 22.7 Å². The number of aliphatic hydroxyl groups is 1. The fourth-order valence-corrected chi connectivity index (χ4v) is 2.31. The Labute approximate surface area is 109 Å². The largest absolute Gasteiger partial charge is 0.394 e. The number of hydrogen-bond acceptors (Lipinski definition) is 2. The van der Waals surface area contributed by atoms with E-state index in [1.54, 1.807) is 0 Å². The molecule has 16 heavy (non-hydrogen) atoms. The van der Waals surface area contributed by atoms with Crippen molar-refractivity contribution in [2.75, 3.05) is 13.2 Å². The number of benzene rings is 1. The fraction of sp³-hybridized carbons (Fsp3) is 0.500. The topological polar surface area (TPSA) is 32.3 Å². The minimum atomic E-state index is -0.0643. The van der Waals surface area contributed by atoms with Gasteiger partial charge in [0, 0.05) is 9.50 Å². The van der Waals surface area contributed by atoms with E-state index in [-0.39, 0.29) is 12.6 Å². The molecule has 1 atom stereocenters. The maximum absolute atomic E-state index is 9.39. The van der Waals surface area contributed by atoms with Crippen LogP contribution in [0.1, 0.15) is 24.4 Å². The van der Waals surface area contributed by atoms with Gasteiger partial charge in [-0.05, 0) is 49.1 Å². The third kappa shape index (κ3) is 3.20. The molecule has 0 aliphatic heterocycles. The van der Waals surface area contributed by atoms with Gasteiger partial charge >= 0.3 is 0 Å². The zero-order chi connectivity index (χ0) is 11.5. The molecule has 0 amide bonds. The molecule has 2 rings (SSSR count). The van der Waals surface area contributed by atoms with Gasteiger partial charge in [-0.2, -0.15) is 0 Å². The minimum Gasteiger partial charge on any atom is -0.394 e. The van der Waals surface area contributed by atoms with Gasteiger partial charge in [-0.1, -0.05) is 27.5 Å². The molecule has 4 heteroatoms. The van der Waals surface area contributed by atoms with Crippen LogP contribution in [0, 0.1) is 5.92 Å². The van der Waals surface area contributed by atoms with E-state index in [2.05, 4.69) is 21.2 Å². The lowest BCUT2D eigenvalue weighted by atomic mass is 10.1. The minimum absolute atomic E-state index is 0.0643. The molecule has 0 saturated heterocycles. The van der Waals surface area contributed by atoms with Crippen LogP contribution in [-0.4, -0.2) is 18.3 Å². The van der Waals surface area contributed by atoms with Crippen LogP contribution in [0.25, 0.3) is 0 Å². The van der Waals surface area contributed by atoms with Crippen LogP contribution in [-0.2, 0) is 0 Å². The van der Waals surface area contributed by atoms with E-state index >= 15 is 0 Å². The molecule has 88 valence electrons. The summed E-state index contributed by atoms with van der Waals surface area (Å²) >= 11 is 9.55. The molecule has 0 spiro atoms. The Morgan fingerprint density at radius 2 is 2.25 bits per heavy atom. The van der Waals surface area contributed by atoms with Crippen molar-refractivity contribution in [3.63, 3.8) is 0 Å². The summed E-state index contributed by atoms with van der Waals surface area (Å²) in [5.41, 5.74) is 0.958. The lowest BCUT2D eigenvalue weighted by molar-refractivity contribution is 0.243. The van der Waals surface area contributed by atoms with Crippen molar-refractivity contribution in [1.82, 2.24) is 5.32 Å². The predicted molar refractivity (Wildman–Crippen MR) is 69.7 cm³/mol. The molecule has 0 aromatic heterocycles. The molecule has 1 fully saturated rings. The molecule has 0 bridgehead atoms. The van der Waals surface area contributed by atoms with Crippen LogP contribution in [0.4, 0.5) is 0 Å². The third-order valence-electron chi connectivity index (χ3n) is 2.87. The summed E-state index contributed by atoms with van der Waals surface area (Å²) in [5, 5.41) is 13.5. The molecule has 0 heterocycles. The van der Waals surface area contributed by atoms with Crippen LogP contribution < -0.4 is 5.32 Å². The summed E-state index contributed by atoms with van der Waals surface area (Å²) in [7, 11) is 0. The number of nitrogens with one attached hydrogen (secondary N) is 1. The molecule has 2 N–H and O–H groups in total. The van der Waals surface area contributed by atoms with Gasteiger partial charge in [0.2, 0.25) is 0 Å². The van der Waals surface area contributed by atoms with Crippen molar-refractivity contribution < 1.29 is 5.11 Å². The molecule has 1 aliphatic rings. The third-order valence-corrected chi connectivity index (χ3v) is 3.70. The van der Waals surface area contributed by atoms with E-state index in [1.165, 1.54) is 12.8 Å². The molecule has 1 aromatic carbocycles. The molecule has 2 nitrogen and oxygen atoms in total. The van der Waals surface area contributed by atoms with Crippen molar-refractivity contribution in [3.8, 4) is 0 Å². The van der Waals surface area contributed by atoms with Crippen LogP contribution in [0.3, 0.4) is 0 Å². The Balaban J connectivity index is 2.07. The normalized spacial score (nSPS) is 17.4. The second kappa shape index (κ2) is 5.50. The highest BCUT2D eigenvalue weighted by Crippen LogP contribution is 2.30. The Morgan fingerprint density at radius 3 is 2.88 bits per heavy atom. The number of hydrogen-bond donors (Lipinski definition) is 2. The molecule has 1 aliphatic carbocycles. The van der Waals surface area contributed by atoms with E-state index in [4.69, 9.17) is 11.6 Å². The lowest BCUT2D eigenvalue weighted by Gasteiger charge is -2.18. The van der Waals surface area contributed by atoms with Gasteiger partial charge in [0.15, 0.2) is 0 Å². The smallest absolute Gasteiger partial charge is 0.0627 e. The van der Waals surface area contributed by atoms with E-state index in [9.17, 15) is 5.11 Å². The van der Waals surface area contributed by atoms with E-state index in [0.29, 0.717) is 5.02 Å². The average molecular weight is 305 g/mol. The van der Waals surface area contributed by atoms with Gasteiger partial charge in [-0.15, -0.1) is 0 Å². The van der Waals surface area contributed by atoms with Crippen molar-refractivity contribution in [1.29, 1.82) is 0 Å². The standard InChI is InChI=1S/C12H15BrClNO/c13-9-3-4-11(14)10(5-9)12(7-16)15-6-8-1-2-8/h3-5,8,12,15-16H,1-2,6-7H2. The quantitative estimate of drug-likeness (QED) is 0.876. The molecule has 1 aromatic rings. The monoisotopic (exact) mass is 303 g/mol. The van der Waals surface area contributed by atoms with Crippen LogP contribution >= 0.6 is 27.5 Å². The molecule has 1 unspecified atom stereocenters. The summed E-state index contributed by atoms with van der Waals surface area (Å²) in [5.74, 6) is 0.792. The highest BCUT2D eigenvalue weighted by atomic mass is 79.9. The Bertz CT molecular complexity index is 368. The van der Waals surface area contributed by atoms with Crippen molar-refractivity contribution in [2.24, 2.45) is 5.92 Å². The molecular formula is C12H15BrClNO. The van der Waals surface area contributed by atoms with Gasteiger partial charge in [0.1, 0.15) is 0 Å². The maximum Gasteiger partial charge on any atom is 0.0627 e. The van der Waals surface area contributed by atoms with Crippen molar-refractivity contribution in [3.05, 3.63) is 33.3 Å². The average Bonchev–Trinajstić information content (AvgIpc) is 3.07. The van der Waals surface area contributed by atoms with Crippen molar-refractivity contribution in [2.45, 2.75) is 18.9 Å². The highest BCUT2D eigenvalue weighted by Gasteiger charge is 2.23. The maximum atomic E-state index is 9.39. The van der Waals surface area contributed by atoms with Gasteiger partial charge in [0.25, 0.3) is 0 Å². The van der Waals surface area contributed by atoms with Gasteiger partial charge in [0.05, 0.1) is 12.6 Å². The van der Waals surface area contributed by atoms with E-state index in [1.807, 2.05) is 18.2 Å². The Hall–Kier alpha value is -0.0900. The molecular weight excluding hydrogens is 289 g/mol. The molecule has 1 saturated carbocycles.